The summed E-state index contributed by atoms with van der Waals surface area (Å²) in [6, 6.07) is 22.3. The molecule has 91 heavy (non-hydrogen) atoms. The van der Waals surface area contributed by atoms with E-state index in [4.69, 9.17) is 61.4 Å². The molecule has 481 valence electrons. The first-order chi connectivity index (χ1) is 41.4. The largest absolute Gasteiger partial charge is 1.00 e. The van der Waals surface area contributed by atoms with Crippen molar-refractivity contribution in [1.82, 2.24) is 4.98 Å². The van der Waals surface area contributed by atoms with Gasteiger partial charge in [0.25, 0.3) is 11.9 Å². The van der Waals surface area contributed by atoms with Gasteiger partial charge in [0.1, 0.15) is 12.0 Å². The Morgan fingerprint density at radius 1 is 0.725 bits per heavy atom. The number of aldehydes is 1. The molecule has 7 heterocycles. The number of aromatic nitrogens is 1. The standard InChI is InChI=1S/C16H14N4OS2.C8H8BrNS.C8H9NS.C8H7NS.C6H12NO3P.C6H18NSi2.C6H6OS.C2H4O2.B.Br2.K.Na.H/c1-8-9(3-2-4-17)5-12(22-8)13-6-10-14(23-13)11(16(19)21)7-20-15(10)18;1-6-7(3-2-4-10)5-8(9)11-6;2*1-7-8(3-2-5-9)4-6-10-7;1-3-9-11(8,6-5-7)10-4-2;1-8(2,3)7-9(4,5)6;1-5-6(4-7)2-3-8-5;1-2(3)4;;1-2;;;/h5-7H,2-3H2,1H3,(H2,18,20)(H2,19,21);5H,2-3H2,1H3;4,6H,2-3H2,1H3;2-4,6H,1H3;3-4,6H2,1-2H3;1-6H3;2-4H,1H3;1H3,(H,3,4);;;;;/q;;;;;-1;;;;;2*+1;-1/b;;;3-2+;;;;;;;;;. The number of nitrogens with zero attached hydrogens (tertiary/aromatic N) is 7. The molecule has 0 spiro atoms. The first-order valence-corrected chi connectivity index (χ1v) is 45.0. The summed E-state index contributed by atoms with van der Waals surface area (Å²) in [4.78, 5) is 43.1. The molecule has 7 aromatic rings. The average Bonchev–Trinajstić information content (AvgIpc) is 1.64. The number of nitriles is 5. The average molecular weight is 1630 g/mol. The summed E-state index contributed by atoms with van der Waals surface area (Å²) in [5.74, 6) is -0.946. The molecule has 0 atom stereocenters. The zero-order chi connectivity index (χ0) is 67.6. The van der Waals surface area contributed by atoms with E-state index in [1.807, 2.05) is 55.0 Å². The minimum absolute atomic E-state index is 0. The van der Waals surface area contributed by atoms with Crippen molar-refractivity contribution in [3.63, 3.8) is 0 Å². The van der Waals surface area contributed by atoms with Crippen LogP contribution in [0.5, 0.6) is 0 Å². The molecule has 3 radical (unpaired) electrons. The predicted octanol–water partition coefficient (Wildman–Crippen LogP) is 14.0. The monoisotopic (exact) mass is 1630 g/mol. The number of aryl methyl sites for hydroxylation is 8. The van der Waals surface area contributed by atoms with Gasteiger partial charge in [0, 0.05) is 120 Å². The summed E-state index contributed by atoms with van der Waals surface area (Å²) in [6.45, 7) is 29.1. The summed E-state index contributed by atoms with van der Waals surface area (Å²) < 4.78 is 27.7. The van der Waals surface area contributed by atoms with Gasteiger partial charge in [-0.3, -0.25) is 18.9 Å². The second-order valence-corrected chi connectivity index (χ2v) is 39.7. The van der Waals surface area contributed by atoms with Crippen molar-refractivity contribution in [2.75, 3.05) is 25.1 Å². The first-order valence-electron chi connectivity index (χ1n) is 26.8. The van der Waals surface area contributed by atoms with Gasteiger partial charge in [0.15, 0.2) is 6.29 Å². The quantitative estimate of drug-likeness (QED) is 0.0330. The van der Waals surface area contributed by atoms with E-state index in [1.165, 1.54) is 59.8 Å². The number of anilines is 1. The fourth-order valence-corrected chi connectivity index (χ4v) is 22.5. The van der Waals surface area contributed by atoms with Crippen LogP contribution >= 0.6 is 120 Å². The fourth-order valence-electron chi connectivity index (χ4n) is 7.03. The Kier molecular flexibility index (Phi) is 58.9. The number of carboxylic acids is 1. The van der Waals surface area contributed by atoms with Gasteiger partial charge in [0.05, 0.1) is 57.6 Å². The van der Waals surface area contributed by atoms with Crippen LogP contribution < -0.4 is 92.4 Å². The molecule has 0 saturated heterocycles. The summed E-state index contributed by atoms with van der Waals surface area (Å²) in [6.07, 6.45) is 9.75. The van der Waals surface area contributed by atoms with E-state index in [2.05, 4.69) is 151 Å². The molecule has 0 fully saturated rings. The number of fused-ring (bicyclic) bond motifs is 1. The van der Waals surface area contributed by atoms with Crippen LogP contribution in [0.15, 0.2) is 68.6 Å². The van der Waals surface area contributed by atoms with Gasteiger partial charge in [-0.15, -0.1) is 68.0 Å². The summed E-state index contributed by atoms with van der Waals surface area (Å²) in [5.41, 5.74) is 17.5. The smallest absolute Gasteiger partial charge is 1.00 e. The van der Waals surface area contributed by atoms with E-state index in [-0.39, 0.29) is 96.9 Å². The Hall–Kier alpha value is -2.10. The van der Waals surface area contributed by atoms with Crippen LogP contribution in [0.4, 0.5) is 5.82 Å². The topological polar surface area (TPSA) is 305 Å². The number of halogens is 3. The summed E-state index contributed by atoms with van der Waals surface area (Å²) in [7, 11) is -5.29. The number of allylic oxidation sites excluding steroid dienone is 1. The molecule has 0 unspecified atom stereocenters. The van der Waals surface area contributed by atoms with Crippen molar-refractivity contribution in [2.45, 2.75) is 133 Å². The molecule has 7 rings (SSSR count). The Morgan fingerprint density at radius 2 is 1.16 bits per heavy atom. The number of nitrogens with two attached hydrogens (primary N) is 2. The number of carbonyl (C=O) groups is 3. The van der Waals surface area contributed by atoms with Crippen LogP contribution in [-0.2, 0) is 37.7 Å². The van der Waals surface area contributed by atoms with Gasteiger partial charge < -0.3 is 31.7 Å². The van der Waals surface area contributed by atoms with Gasteiger partial charge in [-0.1, -0.05) is 55.8 Å². The van der Waals surface area contributed by atoms with E-state index in [9.17, 15) is 14.2 Å². The van der Waals surface area contributed by atoms with Gasteiger partial charge >= 0.3 is 88.5 Å². The molecule has 0 aromatic carbocycles. The number of rotatable bonds is 17. The molecule has 1 amide bonds. The number of amides is 1. The Bertz CT molecular complexity index is 3520. The number of pyridine rings is 1. The van der Waals surface area contributed by atoms with Gasteiger partial charge in [-0.05, 0) is 165 Å². The molecule has 0 aliphatic heterocycles. The Balaban J connectivity index is -0.000000237. The maximum absolute atomic E-state index is 11.6. The third kappa shape index (κ3) is 44.4. The Labute approximate surface area is 657 Å². The molecule has 5 N–H and O–H groups in total. The van der Waals surface area contributed by atoms with E-state index < -0.39 is 35.9 Å². The molecule has 31 heteroatoms. The summed E-state index contributed by atoms with van der Waals surface area (Å²) in [5, 5.41) is 56.1. The predicted molar refractivity (Wildman–Crippen MR) is 396 cm³/mol. The van der Waals surface area contributed by atoms with E-state index in [1.54, 1.807) is 76.6 Å². The maximum Gasteiger partial charge on any atom is 1.00 e. The van der Waals surface area contributed by atoms with E-state index in [0.717, 1.165) is 72.1 Å². The maximum atomic E-state index is 11.6. The van der Waals surface area contributed by atoms with E-state index >= 15 is 0 Å². The normalized spacial score (nSPS) is 9.85. The molecular formula is C60H79BBr3KN9NaO7PS6Si2. The minimum atomic E-state index is -3.08. The molecule has 0 aliphatic rings. The number of aliphatic carboxylic acids is 1. The zero-order valence-electron chi connectivity index (χ0n) is 55.7. The van der Waals surface area contributed by atoms with Crippen LogP contribution in [-0.4, -0.2) is 72.5 Å². The van der Waals surface area contributed by atoms with Crippen LogP contribution in [0.25, 0.3) is 30.6 Å². The fraction of sp³-hybridized carbons (Fsp3) is 0.383. The SMILES string of the molecule is BrBr.CC(=O)O.CCOP(=O)(CC#N)OCC.C[Si](C)(C)[N-][Si](C)(C)C.Cc1sc(-c2cc3c(N)ncc(C(N)=O)c3s2)cc1CCC#N.Cc1sc(Br)cc1CCC#N.Cc1sccc1/C=C/C#N.Cc1sccc1C=O.Cc1sccc1CCC#N.[B].[H-].[K+].[Na+]. The summed E-state index contributed by atoms with van der Waals surface area (Å²) >= 11 is 18.8. The molecule has 0 saturated carbocycles. The van der Waals surface area contributed by atoms with Crippen molar-refractivity contribution in [1.29, 1.82) is 26.3 Å². The number of hydrogen-bond donors (Lipinski definition) is 3. The minimum Gasteiger partial charge on any atom is -1.00 e. The van der Waals surface area contributed by atoms with Crippen LogP contribution in [0.3, 0.4) is 0 Å². The second kappa shape index (κ2) is 55.0. The number of nitrogen functional groups attached to an aromatic ring is 1. The third-order valence-corrected chi connectivity index (χ3v) is 24.3. The van der Waals surface area contributed by atoms with Crippen LogP contribution in [0.1, 0.15) is 109 Å². The van der Waals surface area contributed by atoms with Crippen molar-refractivity contribution in [3.05, 3.63) is 131 Å². The molecule has 0 aliphatic carbocycles. The molecular weight excluding hydrogens is 1550 g/mol. The zero-order valence-corrected chi connectivity index (χ0v) is 72.3. The number of hydrogen-bond acceptors (Lipinski definition) is 19. The third-order valence-electron chi connectivity index (χ3n) is 10.4. The van der Waals surface area contributed by atoms with Gasteiger partial charge in [0.2, 0.25) is 0 Å². The second-order valence-electron chi connectivity index (χ2n) is 19.8. The number of carbonyl (C=O) groups excluding carboxylic acids is 2. The molecule has 7 aromatic heterocycles. The Morgan fingerprint density at radius 3 is 1.52 bits per heavy atom. The van der Waals surface area contributed by atoms with Crippen LogP contribution in [0, 0.1) is 91.3 Å². The number of carboxylic acid groups (broad SMARTS) is 1. The molecule has 0 bridgehead atoms. The van der Waals surface area contributed by atoms with Crippen molar-refractivity contribution in [3.8, 4) is 40.1 Å². The molecule has 16 nitrogen and oxygen atoms in total. The van der Waals surface area contributed by atoms with Crippen molar-refractivity contribution >= 4 is 185 Å². The first kappa shape index (κ1) is 97.6. The van der Waals surface area contributed by atoms with Crippen molar-refractivity contribution in [2.24, 2.45) is 5.73 Å². The van der Waals surface area contributed by atoms with Crippen molar-refractivity contribution < 1.29 is 115 Å². The number of primary amides is 1. The number of thiophene rings is 6. The van der Waals surface area contributed by atoms with E-state index in [0.29, 0.717) is 43.9 Å². The van der Waals surface area contributed by atoms with Gasteiger partial charge in [-0.25, -0.2) is 4.98 Å². The van der Waals surface area contributed by atoms with Crippen LogP contribution in [0.2, 0.25) is 39.3 Å². The van der Waals surface area contributed by atoms with Gasteiger partial charge in [-0.2, -0.15) is 26.3 Å².